The molecule has 1 N–H and O–H groups in total. The quantitative estimate of drug-likeness (QED) is 0.911. The first-order valence-corrected chi connectivity index (χ1v) is 7.78. The highest BCUT2D eigenvalue weighted by Crippen LogP contribution is 2.43. The monoisotopic (exact) mass is 264 g/mol. The zero-order chi connectivity index (χ0) is 12.3. The molecule has 4 heteroatoms. The van der Waals surface area contributed by atoms with Crippen molar-refractivity contribution >= 4 is 16.9 Å². The standard InChI is InChI=1S/C14H20N2OS/c1-2-7-14(6-1)10-16-13(18-11-14)15-8-5-12-4-3-9-17-12/h3-4,9H,1-2,5-8,10-11H2,(H,15,16). The molecule has 1 aliphatic carbocycles. The van der Waals surface area contributed by atoms with E-state index in [1.165, 1.54) is 31.4 Å². The summed E-state index contributed by atoms with van der Waals surface area (Å²) < 4.78 is 5.31. The van der Waals surface area contributed by atoms with E-state index in [9.17, 15) is 0 Å². The van der Waals surface area contributed by atoms with Crippen molar-refractivity contribution in [2.75, 3.05) is 18.8 Å². The molecule has 1 saturated carbocycles. The molecule has 0 amide bonds. The number of nitrogens with one attached hydrogen (secondary N) is 1. The molecule has 2 heterocycles. The lowest BCUT2D eigenvalue weighted by Crippen LogP contribution is -2.34. The van der Waals surface area contributed by atoms with E-state index in [0.717, 1.165) is 30.4 Å². The Labute approximate surface area is 112 Å². The molecular formula is C14H20N2OS. The van der Waals surface area contributed by atoms with Gasteiger partial charge in [-0.15, -0.1) is 0 Å². The molecule has 1 aromatic rings. The summed E-state index contributed by atoms with van der Waals surface area (Å²) in [5.41, 5.74) is 0.539. The van der Waals surface area contributed by atoms with E-state index >= 15 is 0 Å². The third kappa shape index (κ3) is 2.74. The normalized spacial score (nSPS) is 22.1. The predicted molar refractivity (Wildman–Crippen MR) is 76.1 cm³/mol. The third-order valence-corrected chi connectivity index (χ3v) is 5.27. The van der Waals surface area contributed by atoms with E-state index in [0.29, 0.717) is 5.41 Å². The maximum absolute atomic E-state index is 5.31. The first-order valence-electron chi connectivity index (χ1n) is 6.80. The Kier molecular flexibility index (Phi) is 3.64. The average Bonchev–Trinajstić information content (AvgIpc) is 3.04. The Morgan fingerprint density at radius 3 is 2.94 bits per heavy atom. The molecule has 1 spiro atoms. The van der Waals surface area contributed by atoms with Crippen LogP contribution in [0.1, 0.15) is 31.4 Å². The lowest BCUT2D eigenvalue weighted by Gasteiger charge is -2.31. The van der Waals surface area contributed by atoms with Gasteiger partial charge >= 0.3 is 0 Å². The molecule has 0 aromatic carbocycles. The van der Waals surface area contributed by atoms with Gasteiger partial charge in [-0.25, -0.2) is 0 Å². The molecule has 18 heavy (non-hydrogen) atoms. The number of furan rings is 1. The fourth-order valence-electron chi connectivity index (χ4n) is 2.83. The SMILES string of the molecule is c1coc(CCNC2=NCC3(CCCC3)CS2)c1. The van der Waals surface area contributed by atoms with Gasteiger partial charge in [0, 0.05) is 25.3 Å². The van der Waals surface area contributed by atoms with Gasteiger partial charge in [0.05, 0.1) is 6.26 Å². The molecular weight excluding hydrogens is 244 g/mol. The van der Waals surface area contributed by atoms with E-state index < -0.39 is 0 Å². The van der Waals surface area contributed by atoms with Crippen LogP contribution < -0.4 is 5.32 Å². The fraction of sp³-hybridized carbons (Fsp3) is 0.643. The van der Waals surface area contributed by atoms with Gasteiger partial charge in [-0.1, -0.05) is 24.6 Å². The summed E-state index contributed by atoms with van der Waals surface area (Å²) in [6.45, 7) is 1.94. The van der Waals surface area contributed by atoms with Crippen LogP contribution in [-0.4, -0.2) is 24.0 Å². The van der Waals surface area contributed by atoms with Crippen LogP contribution in [0, 0.1) is 5.41 Å². The van der Waals surface area contributed by atoms with Crippen molar-refractivity contribution in [3.05, 3.63) is 24.2 Å². The van der Waals surface area contributed by atoms with Gasteiger partial charge in [0.25, 0.3) is 0 Å². The van der Waals surface area contributed by atoms with Crippen molar-refractivity contribution in [3.63, 3.8) is 0 Å². The van der Waals surface area contributed by atoms with Gasteiger partial charge in [0.2, 0.25) is 0 Å². The molecule has 1 aliphatic heterocycles. The van der Waals surface area contributed by atoms with Crippen molar-refractivity contribution in [3.8, 4) is 0 Å². The van der Waals surface area contributed by atoms with Gasteiger partial charge in [0.1, 0.15) is 5.76 Å². The highest BCUT2D eigenvalue weighted by Gasteiger charge is 2.36. The van der Waals surface area contributed by atoms with E-state index in [1.54, 1.807) is 6.26 Å². The summed E-state index contributed by atoms with van der Waals surface area (Å²) in [7, 11) is 0. The fourth-order valence-corrected chi connectivity index (χ4v) is 4.02. The van der Waals surface area contributed by atoms with Crippen molar-refractivity contribution in [2.45, 2.75) is 32.1 Å². The van der Waals surface area contributed by atoms with Gasteiger partial charge in [-0.2, -0.15) is 0 Å². The summed E-state index contributed by atoms with van der Waals surface area (Å²) in [5.74, 6) is 2.29. The van der Waals surface area contributed by atoms with Crippen molar-refractivity contribution in [1.82, 2.24) is 5.32 Å². The van der Waals surface area contributed by atoms with E-state index in [1.807, 2.05) is 23.9 Å². The minimum atomic E-state index is 0.539. The molecule has 3 rings (SSSR count). The summed E-state index contributed by atoms with van der Waals surface area (Å²) in [5, 5.41) is 4.54. The van der Waals surface area contributed by atoms with Crippen LogP contribution in [0.25, 0.3) is 0 Å². The predicted octanol–water partition coefficient (Wildman–Crippen LogP) is 3.07. The lowest BCUT2D eigenvalue weighted by atomic mass is 9.89. The topological polar surface area (TPSA) is 37.5 Å². The summed E-state index contributed by atoms with van der Waals surface area (Å²) in [4.78, 5) is 4.72. The van der Waals surface area contributed by atoms with E-state index in [4.69, 9.17) is 9.41 Å². The first-order chi connectivity index (χ1) is 8.86. The first kappa shape index (κ1) is 12.2. The second-order valence-corrected chi connectivity index (χ2v) is 6.34. The van der Waals surface area contributed by atoms with Crippen molar-refractivity contribution in [2.24, 2.45) is 10.4 Å². The van der Waals surface area contributed by atoms with Gasteiger partial charge in [0.15, 0.2) is 5.17 Å². The van der Waals surface area contributed by atoms with Crippen molar-refractivity contribution < 1.29 is 4.42 Å². The third-order valence-electron chi connectivity index (χ3n) is 3.97. The Balaban J connectivity index is 1.45. The molecule has 1 aromatic heterocycles. The smallest absolute Gasteiger partial charge is 0.156 e. The molecule has 0 radical (unpaired) electrons. The van der Waals surface area contributed by atoms with Gasteiger partial charge < -0.3 is 9.73 Å². The average molecular weight is 264 g/mol. The minimum absolute atomic E-state index is 0.539. The van der Waals surface area contributed by atoms with Crippen LogP contribution in [0.15, 0.2) is 27.8 Å². The minimum Gasteiger partial charge on any atom is -0.469 e. The Hall–Kier alpha value is -0.900. The molecule has 1 fully saturated rings. The number of hydrogen-bond donors (Lipinski definition) is 1. The molecule has 98 valence electrons. The maximum atomic E-state index is 5.31. The van der Waals surface area contributed by atoms with E-state index in [2.05, 4.69) is 5.32 Å². The van der Waals surface area contributed by atoms with Crippen molar-refractivity contribution in [1.29, 1.82) is 0 Å². The largest absolute Gasteiger partial charge is 0.469 e. The zero-order valence-electron chi connectivity index (χ0n) is 10.7. The number of thioether (sulfide) groups is 1. The van der Waals surface area contributed by atoms with Crippen LogP contribution in [-0.2, 0) is 6.42 Å². The number of aliphatic imine (C=N–C) groups is 1. The summed E-state index contributed by atoms with van der Waals surface area (Å²) in [6.07, 6.45) is 8.21. The molecule has 0 saturated heterocycles. The molecule has 2 aliphatic rings. The van der Waals surface area contributed by atoms with Crippen LogP contribution >= 0.6 is 11.8 Å². The highest BCUT2D eigenvalue weighted by atomic mass is 32.2. The molecule has 0 unspecified atom stereocenters. The van der Waals surface area contributed by atoms with Crippen LogP contribution in [0.3, 0.4) is 0 Å². The highest BCUT2D eigenvalue weighted by molar-refractivity contribution is 8.13. The Morgan fingerprint density at radius 1 is 1.39 bits per heavy atom. The summed E-state index contributed by atoms with van der Waals surface area (Å²) in [6, 6.07) is 3.96. The number of amidine groups is 1. The number of nitrogens with zero attached hydrogens (tertiary/aromatic N) is 1. The molecule has 3 nitrogen and oxygen atoms in total. The lowest BCUT2D eigenvalue weighted by molar-refractivity contribution is 0.358. The Morgan fingerprint density at radius 2 is 2.28 bits per heavy atom. The van der Waals surface area contributed by atoms with Crippen LogP contribution in [0.5, 0.6) is 0 Å². The van der Waals surface area contributed by atoms with E-state index in [-0.39, 0.29) is 0 Å². The maximum Gasteiger partial charge on any atom is 0.156 e. The molecule has 0 bridgehead atoms. The van der Waals surface area contributed by atoms with Gasteiger partial charge in [-0.05, 0) is 30.4 Å². The van der Waals surface area contributed by atoms with Crippen LogP contribution in [0.2, 0.25) is 0 Å². The second-order valence-electron chi connectivity index (χ2n) is 5.37. The Bertz CT molecular complexity index is 407. The second kappa shape index (κ2) is 5.39. The van der Waals surface area contributed by atoms with Gasteiger partial charge in [-0.3, -0.25) is 4.99 Å². The number of rotatable bonds is 3. The summed E-state index contributed by atoms with van der Waals surface area (Å²) >= 11 is 1.90. The number of hydrogen-bond acceptors (Lipinski definition) is 4. The molecule has 0 atom stereocenters. The zero-order valence-corrected chi connectivity index (χ0v) is 11.5. The van der Waals surface area contributed by atoms with Crippen LogP contribution in [0.4, 0.5) is 0 Å².